The van der Waals surface area contributed by atoms with Crippen LogP contribution in [-0.2, 0) is 16.4 Å². The smallest absolute Gasteiger partial charge is 0.241 e. The average Bonchev–Trinajstić information content (AvgIpc) is 3.27. The van der Waals surface area contributed by atoms with Crippen LogP contribution in [0.4, 0.5) is 23.1 Å². The van der Waals surface area contributed by atoms with Crippen LogP contribution in [0, 0.1) is 0 Å². The molecule has 3 aromatic rings. The van der Waals surface area contributed by atoms with Gasteiger partial charge in [0.05, 0.1) is 4.90 Å². The van der Waals surface area contributed by atoms with Gasteiger partial charge in [0.15, 0.2) is 0 Å². The largest absolute Gasteiger partial charge is 0.326 e. The van der Waals surface area contributed by atoms with Crippen LogP contribution in [-0.4, -0.2) is 43.6 Å². The van der Waals surface area contributed by atoms with E-state index in [-0.39, 0.29) is 4.90 Å². The number of nitrogens with zero attached hydrogens (tertiary/aromatic N) is 3. The lowest BCUT2D eigenvalue weighted by Crippen LogP contribution is -2.40. The summed E-state index contributed by atoms with van der Waals surface area (Å²) in [7, 11) is -3.63. The van der Waals surface area contributed by atoms with Crippen LogP contribution in [0.1, 0.15) is 50.7 Å². The summed E-state index contributed by atoms with van der Waals surface area (Å²) in [6, 6.07) is 15.6. The quantitative estimate of drug-likeness (QED) is 0.454. The number of hydrogen-bond donors (Lipinski definition) is 3. The highest BCUT2D eigenvalue weighted by atomic mass is 32.2. The molecular formula is C27H34N6O2S. The summed E-state index contributed by atoms with van der Waals surface area (Å²) in [4.78, 5) is 11.6. The van der Waals surface area contributed by atoms with Crippen molar-refractivity contribution in [2.24, 2.45) is 0 Å². The number of nitrogens with one attached hydrogen (secondary N) is 3. The van der Waals surface area contributed by atoms with Crippen LogP contribution in [0.25, 0.3) is 0 Å². The third-order valence-corrected chi connectivity index (χ3v) is 8.32. The van der Waals surface area contributed by atoms with Crippen molar-refractivity contribution in [1.82, 2.24) is 20.0 Å². The Balaban J connectivity index is 1.35. The molecule has 1 fully saturated rings. The first-order valence-electron chi connectivity index (χ1n) is 12.5. The van der Waals surface area contributed by atoms with Crippen molar-refractivity contribution in [2.75, 3.05) is 29.9 Å². The topological polar surface area (TPSA) is 99.2 Å². The second-order valence-corrected chi connectivity index (χ2v) is 12.3. The summed E-state index contributed by atoms with van der Waals surface area (Å²) in [6.45, 7) is 8.36. The number of hydrogen-bond acceptors (Lipinski definition) is 7. The fourth-order valence-electron chi connectivity index (χ4n) is 4.86. The van der Waals surface area contributed by atoms with E-state index in [4.69, 9.17) is 4.98 Å². The van der Waals surface area contributed by atoms with E-state index >= 15 is 0 Å². The Labute approximate surface area is 213 Å². The Morgan fingerprint density at radius 2 is 1.81 bits per heavy atom. The zero-order valence-corrected chi connectivity index (χ0v) is 21.9. The van der Waals surface area contributed by atoms with Gasteiger partial charge >= 0.3 is 0 Å². The van der Waals surface area contributed by atoms with Gasteiger partial charge in [-0.25, -0.2) is 18.1 Å². The van der Waals surface area contributed by atoms with Crippen LogP contribution >= 0.6 is 0 Å². The lowest BCUT2D eigenvalue weighted by atomic mass is 9.90. The monoisotopic (exact) mass is 506 g/mol. The van der Waals surface area contributed by atoms with Gasteiger partial charge in [-0.2, -0.15) is 4.98 Å². The third kappa shape index (κ3) is 5.53. The molecule has 0 saturated carbocycles. The summed E-state index contributed by atoms with van der Waals surface area (Å²) in [5.74, 6) is 1.94. The fraction of sp³-hybridized carbons (Fsp3) is 0.407. The molecule has 2 aliphatic heterocycles. The first kappa shape index (κ1) is 24.7. The predicted octanol–water partition coefficient (Wildman–Crippen LogP) is 4.46. The number of fused-ring (bicyclic) bond motifs is 1. The molecule has 0 atom stereocenters. The second-order valence-electron chi connectivity index (χ2n) is 10.6. The molecule has 2 aromatic carbocycles. The van der Waals surface area contributed by atoms with Gasteiger partial charge < -0.3 is 15.5 Å². The summed E-state index contributed by atoms with van der Waals surface area (Å²) >= 11 is 0. The number of aromatic nitrogens is 2. The molecule has 0 unspecified atom stereocenters. The highest BCUT2D eigenvalue weighted by Gasteiger charge is 2.26. The van der Waals surface area contributed by atoms with Crippen molar-refractivity contribution >= 4 is 33.2 Å². The van der Waals surface area contributed by atoms with Crippen molar-refractivity contribution in [3.8, 4) is 0 Å². The molecule has 8 nitrogen and oxygen atoms in total. The number of anilines is 4. The average molecular weight is 507 g/mol. The molecule has 0 amide bonds. The maximum absolute atomic E-state index is 12.9. The lowest BCUT2D eigenvalue weighted by molar-refractivity contribution is 0.460. The normalized spacial score (nSPS) is 16.7. The van der Waals surface area contributed by atoms with Gasteiger partial charge in [-0.3, -0.25) is 0 Å². The molecule has 3 heterocycles. The van der Waals surface area contributed by atoms with Gasteiger partial charge in [0.2, 0.25) is 16.0 Å². The van der Waals surface area contributed by atoms with Crippen LogP contribution in [0.2, 0.25) is 0 Å². The first-order valence-corrected chi connectivity index (χ1v) is 14.0. The number of piperidine rings is 1. The zero-order chi connectivity index (χ0) is 25.3. The third-order valence-electron chi connectivity index (χ3n) is 6.56. The SMILES string of the molecule is CC(C)(C)NS(=O)(=O)c1cccc(N2CCc3cnc(Nc4ccc(C5CCNCC5)cc4)nc32)c1. The maximum atomic E-state index is 12.9. The number of benzene rings is 2. The van der Waals surface area contributed by atoms with Crippen molar-refractivity contribution < 1.29 is 8.42 Å². The van der Waals surface area contributed by atoms with Gasteiger partial charge in [-0.05, 0) is 94.9 Å². The molecule has 0 aliphatic carbocycles. The van der Waals surface area contributed by atoms with Crippen molar-refractivity contribution in [3.63, 3.8) is 0 Å². The molecule has 1 saturated heterocycles. The van der Waals surface area contributed by atoms with E-state index in [1.165, 1.54) is 18.4 Å². The Kier molecular flexibility index (Phi) is 6.72. The molecule has 5 rings (SSSR count). The summed E-state index contributed by atoms with van der Waals surface area (Å²) in [6.07, 6.45) is 5.00. The molecular weight excluding hydrogens is 472 g/mol. The van der Waals surface area contributed by atoms with E-state index in [2.05, 4.69) is 49.5 Å². The fourth-order valence-corrected chi connectivity index (χ4v) is 6.32. The van der Waals surface area contributed by atoms with Crippen LogP contribution in [0.15, 0.2) is 59.6 Å². The Morgan fingerprint density at radius 3 is 2.53 bits per heavy atom. The molecule has 2 aliphatic rings. The predicted molar refractivity (Wildman–Crippen MR) is 144 cm³/mol. The Hall–Kier alpha value is -3.01. The highest BCUT2D eigenvalue weighted by molar-refractivity contribution is 7.89. The van der Waals surface area contributed by atoms with Crippen molar-refractivity contribution in [2.45, 2.75) is 56.4 Å². The van der Waals surface area contributed by atoms with Gasteiger partial charge in [-0.15, -0.1) is 0 Å². The molecule has 190 valence electrons. The van der Waals surface area contributed by atoms with Gasteiger partial charge in [0.25, 0.3) is 0 Å². The van der Waals surface area contributed by atoms with E-state index in [0.717, 1.165) is 42.3 Å². The molecule has 0 radical (unpaired) electrons. The second kappa shape index (κ2) is 9.80. The summed E-state index contributed by atoms with van der Waals surface area (Å²) < 4.78 is 28.5. The van der Waals surface area contributed by atoms with E-state index < -0.39 is 15.6 Å². The van der Waals surface area contributed by atoms with Crippen LogP contribution in [0.3, 0.4) is 0 Å². The molecule has 0 spiro atoms. The minimum atomic E-state index is -3.63. The van der Waals surface area contributed by atoms with Gasteiger partial charge in [0, 0.05) is 35.2 Å². The number of sulfonamides is 1. The zero-order valence-electron chi connectivity index (χ0n) is 21.1. The highest BCUT2D eigenvalue weighted by Crippen LogP contribution is 2.35. The lowest BCUT2D eigenvalue weighted by Gasteiger charge is -2.23. The van der Waals surface area contributed by atoms with E-state index in [0.29, 0.717) is 18.4 Å². The first-order chi connectivity index (χ1) is 17.2. The van der Waals surface area contributed by atoms with E-state index in [1.54, 1.807) is 18.2 Å². The summed E-state index contributed by atoms with van der Waals surface area (Å²) in [5.41, 5.74) is 3.59. The number of rotatable bonds is 6. The molecule has 36 heavy (non-hydrogen) atoms. The molecule has 3 N–H and O–H groups in total. The van der Waals surface area contributed by atoms with Gasteiger partial charge in [-0.1, -0.05) is 18.2 Å². The van der Waals surface area contributed by atoms with Crippen molar-refractivity contribution in [1.29, 1.82) is 0 Å². The van der Waals surface area contributed by atoms with Gasteiger partial charge in [0.1, 0.15) is 5.82 Å². The molecule has 1 aromatic heterocycles. The maximum Gasteiger partial charge on any atom is 0.241 e. The van der Waals surface area contributed by atoms with Crippen LogP contribution in [0.5, 0.6) is 0 Å². The molecule has 0 bridgehead atoms. The van der Waals surface area contributed by atoms with E-state index in [9.17, 15) is 8.42 Å². The minimum absolute atomic E-state index is 0.240. The Morgan fingerprint density at radius 1 is 1.06 bits per heavy atom. The van der Waals surface area contributed by atoms with Crippen LogP contribution < -0.4 is 20.3 Å². The van der Waals surface area contributed by atoms with Crippen molar-refractivity contribution in [3.05, 3.63) is 65.9 Å². The van der Waals surface area contributed by atoms with E-state index in [1.807, 2.05) is 33.0 Å². The summed E-state index contributed by atoms with van der Waals surface area (Å²) in [5, 5.41) is 6.75. The molecule has 9 heteroatoms. The Bertz CT molecular complexity index is 1330. The standard InChI is InChI=1S/C27H34N6O2S/c1-27(2,3)32-36(34,35)24-6-4-5-23(17-24)33-16-13-21-18-29-26(31-25(21)33)30-22-9-7-19(8-10-22)20-11-14-28-15-12-20/h4-10,17-18,20,28,32H,11-16H2,1-3H3,(H,29,30,31). The minimum Gasteiger partial charge on any atom is -0.326 e.